The average molecular weight is 243 g/mol. The summed E-state index contributed by atoms with van der Waals surface area (Å²) >= 11 is 11.8. The predicted octanol–water partition coefficient (Wildman–Crippen LogP) is 2.82. The van der Waals surface area contributed by atoms with Gasteiger partial charge in [0.1, 0.15) is 5.82 Å². The summed E-state index contributed by atoms with van der Waals surface area (Å²) in [7, 11) is 0. The van der Waals surface area contributed by atoms with Crippen LogP contribution in [-0.2, 0) is 0 Å². The third-order valence-electron chi connectivity index (χ3n) is 1.89. The van der Waals surface area contributed by atoms with Gasteiger partial charge in [-0.15, -0.1) is 11.6 Å². The molecule has 0 radical (unpaired) electrons. The van der Waals surface area contributed by atoms with E-state index in [-0.39, 0.29) is 5.38 Å². The van der Waals surface area contributed by atoms with Crippen LogP contribution in [0, 0.1) is 0 Å². The number of halogens is 2. The number of nitrogens with one attached hydrogen (secondary N) is 1. The van der Waals surface area contributed by atoms with E-state index >= 15 is 0 Å². The minimum atomic E-state index is -0.202. The minimum Gasteiger partial charge on any atom is -0.263 e. The van der Waals surface area contributed by atoms with Gasteiger partial charge in [0.05, 0.1) is 10.4 Å². The first-order chi connectivity index (χ1) is 7.18. The van der Waals surface area contributed by atoms with Gasteiger partial charge >= 0.3 is 0 Å². The maximum Gasteiger partial charge on any atom is 0.182 e. The van der Waals surface area contributed by atoms with Crippen molar-refractivity contribution in [3.63, 3.8) is 0 Å². The number of nitrogens with zero attached hydrogens (tertiary/aromatic N) is 3. The normalized spacial score (nSPS) is 12.7. The van der Waals surface area contributed by atoms with Gasteiger partial charge in [-0.3, -0.25) is 10.1 Å². The topological polar surface area (TPSA) is 54.5 Å². The summed E-state index contributed by atoms with van der Waals surface area (Å²) in [4.78, 5) is 8.12. The van der Waals surface area contributed by atoms with Gasteiger partial charge in [-0.1, -0.05) is 11.6 Å². The second kappa shape index (κ2) is 4.16. The van der Waals surface area contributed by atoms with E-state index in [1.54, 1.807) is 18.5 Å². The highest BCUT2D eigenvalue weighted by Crippen LogP contribution is 2.25. The van der Waals surface area contributed by atoms with Gasteiger partial charge in [0.15, 0.2) is 5.82 Å². The molecule has 0 aromatic carbocycles. The quantitative estimate of drug-likeness (QED) is 0.825. The molecule has 2 aromatic rings. The first-order valence-electron chi connectivity index (χ1n) is 4.34. The van der Waals surface area contributed by atoms with Gasteiger partial charge in [0, 0.05) is 18.0 Å². The molecule has 0 saturated heterocycles. The highest BCUT2D eigenvalue weighted by molar-refractivity contribution is 6.33. The molecule has 1 atom stereocenters. The molecule has 2 heterocycles. The first-order valence-corrected chi connectivity index (χ1v) is 5.16. The van der Waals surface area contributed by atoms with Crippen LogP contribution in [0.1, 0.15) is 18.1 Å². The molecule has 4 nitrogen and oxygen atoms in total. The van der Waals surface area contributed by atoms with Gasteiger partial charge in [-0.25, -0.2) is 4.98 Å². The Bertz CT molecular complexity index is 467. The van der Waals surface area contributed by atoms with Crippen molar-refractivity contribution in [1.82, 2.24) is 20.2 Å². The number of pyridine rings is 1. The lowest BCUT2D eigenvalue weighted by molar-refractivity contribution is 0.918. The van der Waals surface area contributed by atoms with Crippen molar-refractivity contribution in [3.05, 3.63) is 29.3 Å². The number of H-pyrrole nitrogens is 1. The fraction of sp³-hybridized carbons (Fsp3) is 0.222. The molecule has 1 N–H and O–H groups in total. The molecule has 0 fully saturated rings. The Balaban J connectivity index is 2.42. The summed E-state index contributed by atoms with van der Waals surface area (Å²) < 4.78 is 0. The molecule has 0 aliphatic carbocycles. The SMILES string of the molecule is CC(Cl)c1nc(-c2ccncc2Cl)n[nH]1. The molecular weight excluding hydrogens is 235 g/mol. The Labute approximate surface area is 96.7 Å². The van der Waals surface area contributed by atoms with Crippen LogP contribution in [0.25, 0.3) is 11.4 Å². The molecular formula is C9H8Cl2N4. The highest BCUT2D eigenvalue weighted by atomic mass is 35.5. The Morgan fingerprint density at radius 2 is 2.27 bits per heavy atom. The van der Waals surface area contributed by atoms with Crippen molar-refractivity contribution in [2.45, 2.75) is 12.3 Å². The summed E-state index contributed by atoms with van der Waals surface area (Å²) in [5, 5.41) is 7.11. The standard InChI is InChI=1S/C9H8Cl2N4/c1-5(10)8-13-9(15-14-8)6-2-3-12-4-7(6)11/h2-5H,1H3,(H,13,14,15). The number of hydrogen-bond acceptors (Lipinski definition) is 3. The van der Waals surface area contributed by atoms with E-state index in [1.165, 1.54) is 0 Å². The summed E-state index contributed by atoms with van der Waals surface area (Å²) in [5.41, 5.74) is 0.742. The van der Waals surface area contributed by atoms with Gasteiger partial charge < -0.3 is 0 Å². The molecule has 15 heavy (non-hydrogen) atoms. The first kappa shape index (κ1) is 10.4. The fourth-order valence-electron chi connectivity index (χ4n) is 1.13. The number of hydrogen-bond donors (Lipinski definition) is 1. The van der Waals surface area contributed by atoms with E-state index < -0.39 is 0 Å². The number of aromatic nitrogens is 4. The largest absolute Gasteiger partial charge is 0.263 e. The van der Waals surface area contributed by atoms with Crippen LogP contribution in [0.5, 0.6) is 0 Å². The molecule has 0 amide bonds. The Hall–Kier alpha value is -1.13. The molecule has 2 rings (SSSR count). The highest BCUT2D eigenvalue weighted by Gasteiger charge is 2.11. The monoisotopic (exact) mass is 242 g/mol. The van der Waals surface area contributed by atoms with Crippen LogP contribution in [0.4, 0.5) is 0 Å². The summed E-state index contributed by atoms with van der Waals surface area (Å²) in [6.45, 7) is 1.82. The zero-order valence-corrected chi connectivity index (χ0v) is 9.42. The van der Waals surface area contributed by atoms with E-state index in [2.05, 4.69) is 20.2 Å². The van der Waals surface area contributed by atoms with Crippen molar-refractivity contribution < 1.29 is 0 Å². The van der Waals surface area contributed by atoms with E-state index in [9.17, 15) is 0 Å². The molecule has 6 heteroatoms. The predicted molar refractivity (Wildman–Crippen MR) is 58.9 cm³/mol. The fourth-order valence-corrected chi connectivity index (χ4v) is 1.43. The van der Waals surface area contributed by atoms with E-state index in [0.29, 0.717) is 16.7 Å². The van der Waals surface area contributed by atoms with Crippen molar-refractivity contribution in [2.24, 2.45) is 0 Å². The van der Waals surface area contributed by atoms with Crippen molar-refractivity contribution in [1.29, 1.82) is 0 Å². The lowest BCUT2D eigenvalue weighted by Crippen LogP contribution is -1.87. The van der Waals surface area contributed by atoms with Crippen LogP contribution < -0.4 is 0 Å². The molecule has 0 spiro atoms. The van der Waals surface area contributed by atoms with E-state index in [0.717, 1.165) is 5.56 Å². The lowest BCUT2D eigenvalue weighted by Gasteiger charge is -1.96. The second-order valence-corrected chi connectivity index (χ2v) is 4.08. The summed E-state index contributed by atoms with van der Waals surface area (Å²) in [6, 6.07) is 1.76. The second-order valence-electron chi connectivity index (χ2n) is 3.02. The maximum absolute atomic E-state index is 5.96. The molecule has 0 aliphatic heterocycles. The van der Waals surface area contributed by atoms with Gasteiger partial charge in [-0.05, 0) is 13.0 Å². The van der Waals surface area contributed by atoms with Crippen LogP contribution in [-0.4, -0.2) is 20.2 Å². The number of alkyl halides is 1. The zero-order chi connectivity index (χ0) is 10.8. The third kappa shape index (κ3) is 2.11. The Kier molecular flexibility index (Phi) is 2.88. The third-order valence-corrected chi connectivity index (χ3v) is 2.40. The van der Waals surface area contributed by atoms with Crippen LogP contribution in [0.15, 0.2) is 18.5 Å². The Morgan fingerprint density at radius 3 is 2.87 bits per heavy atom. The van der Waals surface area contributed by atoms with Gasteiger partial charge in [-0.2, -0.15) is 5.10 Å². The molecule has 1 unspecified atom stereocenters. The lowest BCUT2D eigenvalue weighted by atomic mass is 10.2. The van der Waals surface area contributed by atoms with Crippen LogP contribution in [0.2, 0.25) is 5.02 Å². The van der Waals surface area contributed by atoms with Gasteiger partial charge in [0.2, 0.25) is 0 Å². The van der Waals surface area contributed by atoms with Gasteiger partial charge in [0.25, 0.3) is 0 Å². The summed E-state index contributed by atoms with van der Waals surface area (Å²) in [6.07, 6.45) is 3.19. The molecule has 0 aliphatic rings. The minimum absolute atomic E-state index is 0.202. The van der Waals surface area contributed by atoms with Crippen molar-refractivity contribution >= 4 is 23.2 Å². The molecule has 0 bridgehead atoms. The summed E-state index contributed by atoms with van der Waals surface area (Å²) in [5.74, 6) is 1.16. The Morgan fingerprint density at radius 1 is 1.47 bits per heavy atom. The van der Waals surface area contributed by atoms with Crippen LogP contribution in [0.3, 0.4) is 0 Å². The van der Waals surface area contributed by atoms with E-state index in [4.69, 9.17) is 23.2 Å². The molecule has 0 saturated carbocycles. The average Bonchev–Trinajstić information content (AvgIpc) is 2.67. The van der Waals surface area contributed by atoms with Crippen LogP contribution >= 0.6 is 23.2 Å². The molecule has 78 valence electrons. The molecule has 2 aromatic heterocycles. The van der Waals surface area contributed by atoms with Crippen molar-refractivity contribution in [2.75, 3.05) is 0 Å². The van der Waals surface area contributed by atoms with Crippen molar-refractivity contribution in [3.8, 4) is 11.4 Å². The zero-order valence-electron chi connectivity index (χ0n) is 7.91. The maximum atomic E-state index is 5.96. The smallest absolute Gasteiger partial charge is 0.182 e. The van der Waals surface area contributed by atoms with E-state index in [1.807, 2.05) is 6.92 Å². The number of rotatable bonds is 2. The number of aromatic amines is 1.